The second-order valence-electron chi connectivity index (χ2n) is 5.21. The number of benzene rings is 1. The minimum Gasteiger partial charge on any atom is -0.360 e. The molecule has 0 saturated carbocycles. The van der Waals surface area contributed by atoms with Gasteiger partial charge in [0.05, 0.1) is 11.8 Å². The fraction of sp³-hybridized carbons (Fsp3) is 0.333. The molecule has 1 aromatic heterocycles. The highest BCUT2D eigenvalue weighted by Crippen LogP contribution is 2.08. The molecule has 0 radical (unpaired) electrons. The number of nitrogens with zero attached hydrogens (tertiary/aromatic N) is 1. The van der Waals surface area contributed by atoms with Crippen molar-refractivity contribution in [3.05, 3.63) is 47.7 Å². The third-order valence-corrected chi connectivity index (χ3v) is 4.59. The van der Waals surface area contributed by atoms with Gasteiger partial charge in [0.1, 0.15) is 5.76 Å². The van der Waals surface area contributed by atoms with Gasteiger partial charge in [0, 0.05) is 6.07 Å². The number of amides is 1. The van der Waals surface area contributed by atoms with Crippen molar-refractivity contribution in [2.75, 3.05) is 11.1 Å². The van der Waals surface area contributed by atoms with Crippen molar-refractivity contribution in [2.45, 2.75) is 26.3 Å². The molecule has 2 aromatic rings. The van der Waals surface area contributed by atoms with Gasteiger partial charge in [-0.25, -0.2) is 13.1 Å². The van der Waals surface area contributed by atoms with Crippen LogP contribution in [0.25, 0.3) is 0 Å². The lowest BCUT2D eigenvalue weighted by Crippen LogP contribution is -2.42. The highest BCUT2D eigenvalue weighted by atomic mass is 32.2. The third kappa shape index (κ3) is 5.50. The zero-order valence-electron chi connectivity index (χ0n) is 12.9. The van der Waals surface area contributed by atoms with Crippen LogP contribution in [0.1, 0.15) is 18.2 Å². The van der Waals surface area contributed by atoms with Crippen molar-refractivity contribution < 1.29 is 17.7 Å². The van der Waals surface area contributed by atoms with E-state index in [1.165, 1.54) is 6.92 Å². The Morgan fingerprint density at radius 1 is 1.30 bits per heavy atom. The van der Waals surface area contributed by atoms with Crippen LogP contribution in [-0.2, 0) is 21.2 Å². The zero-order chi connectivity index (χ0) is 16.9. The molecule has 7 nitrogen and oxygen atoms in total. The van der Waals surface area contributed by atoms with Crippen LogP contribution in [0.15, 0.2) is 40.9 Å². The second kappa shape index (κ2) is 7.38. The van der Waals surface area contributed by atoms with Gasteiger partial charge in [-0.1, -0.05) is 35.5 Å². The molecule has 2 rings (SSSR count). The Morgan fingerprint density at radius 2 is 2.00 bits per heavy atom. The maximum absolute atomic E-state index is 12.1. The molecule has 1 amide bonds. The van der Waals surface area contributed by atoms with Crippen LogP contribution in [0.3, 0.4) is 0 Å². The van der Waals surface area contributed by atoms with Crippen molar-refractivity contribution in [1.82, 2.24) is 9.88 Å². The lowest BCUT2D eigenvalue weighted by molar-refractivity contribution is -0.117. The number of rotatable bonds is 7. The van der Waals surface area contributed by atoms with Crippen LogP contribution in [-0.4, -0.2) is 31.3 Å². The van der Waals surface area contributed by atoms with Crippen molar-refractivity contribution in [1.29, 1.82) is 0 Å². The Morgan fingerprint density at radius 3 is 2.61 bits per heavy atom. The molecule has 1 atom stereocenters. The summed E-state index contributed by atoms with van der Waals surface area (Å²) in [6, 6.07) is 9.93. The molecule has 1 heterocycles. The van der Waals surface area contributed by atoms with E-state index < -0.39 is 22.0 Å². The standard InChI is InChI=1S/C15H19N3O4S/c1-11-10-14(17-22-11)16-15(19)12(2)18-23(20,21)9-8-13-6-4-3-5-7-13/h3-7,10,12,18H,8-9H2,1-2H3,(H,16,17,19)/t12-/m0/s1. The minimum absolute atomic E-state index is 0.0856. The summed E-state index contributed by atoms with van der Waals surface area (Å²) in [7, 11) is -3.57. The van der Waals surface area contributed by atoms with Crippen LogP contribution >= 0.6 is 0 Å². The van der Waals surface area contributed by atoms with Gasteiger partial charge in [-0.2, -0.15) is 0 Å². The number of aromatic nitrogens is 1. The van der Waals surface area contributed by atoms with Gasteiger partial charge < -0.3 is 9.84 Å². The van der Waals surface area contributed by atoms with Gasteiger partial charge in [0.25, 0.3) is 0 Å². The molecule has 0 saturated heterocycles. The molecule has 0 aliphatic carbocycles. The van der Waals surface area contributed by atoms with E-state index in [1.807, 2.05) is 30.3 Å². The highest BCUT2D eigenvalue weighted by molar-refractivity contribution is 7.89. The summed E-state index contributed by atoms with van der Waals surface area (Å²) in [6.07, 6.45) is 0.382. The first-order chi connectivity index (χ1) is 10.9. The van der Waals surface area contributed by atoms with Crippen molar-refractivity contribution in [3.63, 3.8) is 0 Å². The summed E-state index contributed by atoms with van der Waals surface area (Å²) in [5.41, 5.74) is 0.924. The summed E-state index contributed by atoms with van der Waals surface area (Å²) in [5, 5.41) is 6.11. The number of carbonyl (C=O) groups excluding carboxylic acids is 1. The Bertz CT molecular complexity index is 756. The van der Waals surface area contributed by atoms with E-state index in [1.54, 1.807) is 13.0 Å². The van der Waals surface area contributed by atoms with Crippen molar-refractivity contribution in [2.24, 2.45) is 0 Å². The SMILES string of the molecule is Cc1cc(NC(=O)[C@H](C)NS(=O)(=O)CCc2ccccc2)no1. The van der Waals surface area contributed by atoms with Gasteiger partial charge in [-0.05, 0) is 25.8 Å². The zero-order valence-corrected chi connectivity index (χ0v) is 13.8. The van der Waals surface area contributed by atoms with E-state index in [0.717, 1.165) is 5.56 Å². The molecular formula is C15H19N3O4S. The van der Waals surface area contributed by atoms with Gasteiger partial charge >= 0.3 is 0 Å². The number of anilines is 1. The molecular weight excluding hydrogens is 318 g/mol. The van der Waals surface area contributed by atoms with Crippen LogP contribution < -0.4 is 10.0 Å². The van der Waals surface area contributed by atoms with Gasteiger partial charge in [0.15, 0.2) is 5.82 Å². The fourth-order valence-electron chi connectivity index (χ4n) is 1.94. The number of sulfonamides is 1. The molecule has 0 unspecified atom stereocenters. The maximum Gasteiger partial charge on any atom is 0.243 e. The predicted octanol–water partition coefficient (Wildman–Crippen LogP) is 1.47. The molecule has 0 spiro atoms. The van der Waals surface area contributed by atoms with Gasteiger partial charge in [-0.15, -0.1) is 0 Å². The lowest BCUT2D eigenvalue weighted by atomic mass is 10.2. The van der Waals surface area contributed by atoms with Crippen LogP contribution in [0, 0.1) is 6.92 Å². The average Bonchev–Trinajstić information content (AvgIpc) is 2.91. The summed E-state index contributed by atoms with van der Waals surface area (Å²) < 4.78 is 31.3. The number of hydrogen-bond acceptors (Lipinski definition) is 5. The Hall–Kier alpha value is -2.19. The lowest BCUT2D eigenvalue weighted by Gasteiger charge is -2.13. The summed E-state index contributed by atoms with van der Waals surface area (Å²) in [5.74, 6) is 0.221. The number of carbonyl (C=O) groups is 1. The molecule has 0 aliphatic rings. The van der Waals surface area contributed by atoms with E-state index in [2.05, 4.69) is 15.2 Å². The Balaban J connectivity index is 1.87. The first-order valence-electron chi connectivity index (χ1n) is 7.14. The molecule has 0 fully saturated rings. The third-order valence-electron chi connectivity index (χ3n) is 3.13. The van der Waals surface area contributed by atoms with E-state index in [0.29, 0.717) is 12.2 Å². The topological polar surface area (TPSA) is 101 Å². The van der Waals surface area contributed by atoms with Crippen LogP contribution in [0.2, 0.25) is 0 Å². The maximum atomic E-state index is 12.1. The minimum atomic E-state index is -3.57. The smallest absolute Gasteiger partial charge is 0.243 e. The van der Waals surface area contributed by atoms with E-state index in [4.69, 9.17) is 4.52 Å². The normalized spacial score (nSPS) is 12.8. The number of hydrogen-bond donors (Lipinski definition) is 2. The Labute approximate surface area is 135 Å². The van der Waals surface area contributed by atoms with Crippen molar-refractivity contribution >= 4 is 21.7 Å². The molecule has 124 valence electrons. The van der Waals surface area contributed by atoms with Crippen LogP contribution in [0.5, 0.6) is 0 Å². The quantitative estimate of drug-likeness (QED) is 0.797. The highest BCUT2D eigenvalue weighted by Gasteiger charge is 2.21. The molecule has 0 bridgehead atoms. The fourth-order valence-corrected chi connectivity index (χ4v) is 3.21. The van der Waals surface area contributed by atoms with Crippen LogP contribution in [0.4, 0.5) is 5.82 Å². The predicted molar refractivity (Wildman–Crippen MR) is 86.4 cm³/mol. The molecule has 0 aliphatic heterocycles. The van der Waals surface area contributed by atoms with Gasteiger partial charge in [0.2, 0.25) is 15.9 Å². The van der Waals surface area contributed by atoms with E-state index in [-0.39, 0.29) is 11.6 Å². The summed E-state index contributed by atoms with van der Waals surface area (Å²) in [6.45, 7) is 3.17. The van der Waals surface area contributed by atoms with Gasteiger partial charge in [-0.3, -0.25) is 4.79 Å². The average molecular weight is 337 g/mol. The monoisotopic (exact) mass is 337 g/mol. The summed E-state index contributed by atoms with van der Waals surface area (Å²) >= 11 is 0. The number of aryl methyl sites for hydroxylation is 2. The largest absolute Gasteiger partial charge is 0.360 e. The van der Waals surface area contributed by atoms with Crippen molar-refractivity contribution in [3.8, 4) is 0 Å². The first kappa shape index (κ1) is 17.2. The molecule has 8 heteroatoms. The first-order valence-corrected chi connectivity index (χ1v) is 8.79. The summed E-state index contributed by atoms with van der Waals surface area (Å²) in [4.78, 5) is 12.0. The number of nitrogens with one attached hydrogen (secondary N) is 2. The molecule has 2 N–H and O–H groups in total. The molecule has 23 heavy (non-hydrogen) atoms. The Kier molecular flexibility index (Phi) is 5.51. The van der Waals surface area contributed by atoms with E-state index >= 15 is 0 Å². The molecule has 1 aromatic carbocycles. The second-order valence-corrected chi connectivity index (χ2v) is 7.08. The van der Waals surface area contributed by atoms with E-state index in [9.17, 15) is 13.2 Å².